The van der Waals surface area contributed by atoms with Crippen LogP contribution in [-0.4, -0.2) is 18.3 Å². The van der Waals surface area contributed by atoms with Crippen molar-refractivity contribution < 1.29 is 4.74 Å². The molecule has 0 bridgehead atoms. The topological polar surface area (TPSA) is 47.6 Å². The average Bonchev–Trinajstić information content (AvgIpc) is 2.26. The second kappa shape index (κ2) is 6.09. The van der Waals surface area contributed by atoms with Crippen molar-refractivity contribution in [2.24, 2.45) is 10.7 Å². The molecule has 0 aliphatic rings. The van der Waals surface area contributed by atoms with Crippen LogP contribution in [0.1, 0.15) is 0 Å². The molecule has 0 fully saturated rings. The first-order valence-electron chi connectivity index (χ1n) is 4.49. The highest BCUT2D eigenvalue weighted by molar-refractivity contribution is 6.28. The number of benzene rings is 1. The zero-order valence-electron chi connectivity index (χ0n) is 8.32. The molecule has 1 rings (SSSR count). The number of ether oxygens (including phenoxy) is 1. The number of hydrogen-bond donors (Lipinski definition) is 1. The Balaban J connectivity index is 2.78. The fourth-order valence-corrected chi connectivity index (χ4v) is 1.05. The first-order chi connectivity index (χ1) is 7.26. The lowest BCUT2D eigenvalue weighted by Crippen LogP contribution is -2.12. The minimum absolute atomic E-state index is 0.220. The summed E-state index contributed by atoms with van der Waals surface area (Å²) in [4.78, 5) is 4.10. The van der Waals surface area contributed by atoms with E-state index in [1.54, 1.807) is 12.1 Å². The molecule has 4 heteroatoms. The van der Waals surface area contributed by atoms with Crippen LogP contribution in [0.5, 0.6) is 5.75 Å². The lowest BCUT2D eigenvalue weighted by atomic mass is 10.3. The number of nitrogens with zero attached hydrogens (tertiary/aromatic N) is 1. The minimum atomic E-state index is 0.220. The Morgan fingerprint density at radius 2 is 2.40 bits per heavy atom. The summed E-state index contributed by atoms with van der Waals surface area (Å²) in [6.45, 7) is 4.04. The van der Waals surface area contributed by atoms with Gasteiger partial charge in [0.15, 0.2) is 0 Å². The zero-order valence-corrected chi connectivity index (χ0v) is 9.07. The van der Waals surface area contributed by atoms with Crippen molar-refractivity contribution in [2.45, 2.75) is 0 Å². The molecule has 0 amide bonds. The van der Waals surface area contributed by atoms with E-state index in [1.807, 2.05) is 18.2 Å². The molecule has 0 saturated carbocycles. The Hall–Kier alpha value is -1.48. The maximum Gasteiger partial charge on any atom is 0.121 e. The van der Waals surface area contributed by atoms with Gasteiger partial charge in [0.25, 0.3) is 0 Å². The van der Waals surface area contributed by atoms with Crippen LogP contribution in [0.4, 0.5) is 5.69 Å². The van der Waals surface area contributed by atoms with E-state index in [-0.39, 0.29) is 5.88 Å². The van der Waals surface area contributed by atoms with Crippen LogP contribution in [0.3, 0.4) is 0 Å². The predicted molar refractivity (Wildman–Crippen MR) is 64.1 cm³/mol. The molecule has 3 nitrogen and oxygen atoms in total. The Kier molecular flexibility index (Phi) is 4.71. The van der Waals surface area contributed by atoms with Crippen LogP contribution in [0.25, 0.3) is 0 Å². The molecule has 15 heavy (non-hydrogen) atoms. The highest BCUT2D eigenvalue weighted by Crippen LogP contribution is 2.19. The lowest BCUT2D eigenvalue weighted by Gasteiger charge is -2.03. The van der Waals surface area contributed by atoms with Crippen LogP contribution < -0.4 is 10.5 Å². The van der Waals surface area contributed by atoms with E-state index in [9.17, 15) is 0 Å². The summed E-state index contributed by atoms with van der Waals surface area (Å²) in [5.74, 6) is 1.34. The molecule has 0 heterocycles. The van der Waals surface area contributed by atoms with Crippen molar-refractivity contribution >= 4 is 23.1 Å². The number of amidine groups is 1. The van der Waals surface area contributed by atoms with Crippen LogP contribution in [-0.2, 0) is 0 Å². The zero-order chi connectivity index (χ0) is 11.1. The fraction of sp³-hybridized carbons (Fsp3) is 0.182. The summed E-state index contributed by atoms with van der Waals surface area (Å²) in [5.41, 5.74) is 6.25. The molecule has 0 radical (unpaired) electrons. The van der Waals surface area contributed by atoms with Gasteiger partial charge in [0.05, 0.1) is 11.6 Å². The Morgan fingerprint density at radius 3 is 3.07 bits per heavy atom. The van der Waals surface area contributed by atoms with E-state index < -0.39 is 0 Å². The molecular weight excluding hydrogens is 212 g/mol. The summed E-state index contributed by atoms with van der Waals surface area (Å²) in [7, 11) is 0. The van der Waals surface area contributed by atoms with Gasteiger partial charge in [-0.15, -0.1) is 11.6 Å². The molecule has 0 aromatic heterocycles. The van der Waals surface area contributed by atoms with Crippen LogP contribution >= 0.6 is 11.6 Å². The number of halogens is 1. The number of nitrogens with two attached hydrogens (primary N) is 1. The summed E-state index contributed by atoms with van der Waals surface area (Å²) in [5, 5.41) is 0. The SMILES string of the molecule is C=CCOc1cccc(N=C(N)CCl)c1. The fourth-order valence-electron chi connectivity index (χ4n) is 0.994. The van der Waals surface area contributed by atoms with Gasteiger partial charge in [-0.25, -0.2) is 4.99 Å². The average molecular weight is 225 g/mol. The third kappa shape index (κ3) is 4.04. The van der Waals surface area contributed by atoms with Crippen molar-refractivity contribution in [3.8, 4) is 5.75 Å². The molecule has 2 N–H and O–H groups in total. The van der Waals surface area contributed by atoms with E-state index in [0.717, 1.165) is 11.4 Å². The first kappa shape index (κ1) is 11.6. The molecule has 0 saturated heterocycles. The molecule has 80 valence electrons. The maximum absolute atomic E-state index is 5.52. The maximum atomic E-state index is 5.52. The van der Waals surface area contributed by atoms with Crippen LogP contribution in [0.15, 0.2) is 41.9 Å². The standard InChI is InChI=1S/C11H13ClN2O/c1-2-6-15-10-5-3-4-9(7-10)14-11(13)8-12/h2-5,7H,1,6,8H2,(H2,13,14). The first-order valence-corrected chi connectivity index (χ1v) is 5.02. The van der Waals surface area contributed by atoms with E-state index >= 15 is 0 Å². The van der Waals surface area contributed by atoms with Gasteiger partial charge in [-0.05, 0) is 12.1 Å². The summed E-state index contributed by atoms with van der Waals surface area (Å²) >= 11 is 5.52. The summed E-state index contributed by atoms with van der Waals surface area (Å²) in [6.07, 6.45) is 1.68. The third-order valence-corrected chi connectivity index (χ3v) is 1.87. The van der Waals surface area contributed by atoms with Gasteiger partial charge in [0.2, 0.25) is 0 Å². The molecule has 0 unspecified atom stereocenters. The van der Waals surface area contributed by atoms with Gasteiger partial charge in [-0.1, -0.05) is 18.7 Å². The molecule has 0 aliphatic heterocycles. The normalized spacial score (nSPS) is 11.1. The van der Waals surface area contributed by atoms with Gasteiger partial charge in [0.1, 0.15) is 18.2 Å². The molecule has 1 aromatic carbocycles. The molecule has 1 aromatic rings. The highest BCUT2D eigenvalue weighted by Gasteiger charge is 1.95. The van der Waals surface area contributed by atoms with Crippen LogP contribution in [0.2, 0.25) is 0 Å². The predicted octanol–water partition coefficient (Wildman–Crippen LogP) is 2.48. The number of rotatable bonds is 5. The second-order valence-corrected chi connectivity index (χ2v) is 3.10. The van der Waals surface area contributed by atoms with Crippen molar-refractivity contribution in [1.29, 1.82) is 0 Å². The van der Waals surface area contributed by atoms with E-state index in [2.05, 4.69) is 11.6 Å². The van der Waals surface area contributed by atoms with Crippen molar-refractivity contribution in [2.75, 3.05) is 12.5 Å². The van der Waals surface area contributed by atoms with Crippen molar-refractivity contribution in [1.82, 2.24) is 0 Å². The second-order valence-electron chi connectivity index (χ2n) is 2.83. The van der Waals surface area contributed by atoms with Crippen LogP contribution in [0, 0.1) is 0 Å². The third-order valence-electron chi connectivity index (χ3n) is 1.60. The van der Waals surface area contributed by atoms with Gasteiger partial charge < -0.3 is 10.5 Å². The monoisotopic (exact) mass is 224 g/mol. The quantitative estimate of drug-likeness (QED) is 0.362. The molecule has 0 aliphatic carbocycles. The van der Waals surface area contributed by atoms with Gasteiger partial charge in [-0.3, -0.25) is 0 Å². The van der Waals surface area contributed by atoms with Gasteiger partial charge in [0, 0.05) is 6.07 Å². The molecule has 0 atom stereocenters. The van der Waals surface area contributed by atoms with E-state index in [4.69, 9.17) is 22.1 Å². The Labute approximate surface area is 94.2 Å². The van der Waals surface area contributed by atoms with Crippen molar-refractivity contribution in [3.63, 3.8) is 0 Å². The lowest BCUT2D eigenvalue weighted by molar-refractivity contribution is 0.363. The summed E-state index contributed by atoms with van der Waals surface area (Å²) in [6, 6.07) is 7.32. The summed E-state index contributed by atoms with van der Waals surface area (Å²) < 4.78 is 5.35. The largest absolute Gasteiger partial charge is 0.489 e. The van der Waals surface area contributed by atoms with E-state index in [1.165, 1.54) is 0 Å². The Bertz CT molecular complexity index is 363. The van der Waals surface area contributed by atoms with Gasteiger partial charge >= 0.3 is 0 Å². The van der Waals surface area contributed by atoms with Gasteiger partial charge in [-0.2, -0.15) is 0 Å². The van der Waals surface area contributed by atoms with Crippen molar-refractivity contribution in [3.05, 3.63) is 36.9 Å². The smallest absolute Gasteiger partial charge is 0.121 e. The molecule has 0 spiro atoms. The number of aliphatic imine (C=N–C) groups is 1. The number of hydrogen-bond acceptors (Lipinski definition) is 2. The molecular formula is C11H13ClN2O. The highest BCUT2D eigenvalue weighted by atomic mass is 35.5. The Morgan fingerprint density at radius 1 is 1.60 bits per heavy atom. The minimum Gasteiger partial charge on any atom is -0.489 e. The van der Waals surface area contributed by atoms with E-state index in [0.29, 0.717) is 12.4 Å². The number of alkyl halides is 1.